The Kier molecular flexibility index (Phi) is 5.83. The number of hydrogen-bond acceptors (Lipinski definition) is 4. The van der Waals surface area contributed by atoms with Crippen LogP contribution in [0.3, 0.4) is 0 Å². The molecule has 0 unspecified atom stereocenters. The predicted molar refractivity (Wildman–Crippen MR) is 77.4 cm³/mol. The number of morpholine rings is 1. The van der Waals surface area contributed by atoms with Gasteiger partial charge in [0, 0.05) is 13.1 Å². The molecule has 0 aromatic rings. The maximum absolute atomic E-state index is 11.1. The summed E-state index contributed by atoms with van der Waals surface area (Å²) in [6.45, 7) is 14.9. The minimum absolute atomic E-state index is 0.0176. The fourth-order valence-corrected chi connectivity index (χ4v) is 1.66. The standard InChI is InChI=1S/C15H24N2O2/c1-5-15(3,4)7-6-14(12-18)16-13(2)17-8-10-19-11-9-17/h5-6,12,16H,1-2,7-11H2,3-4H3/b14-6-. The summed E-state index contributed by atoms with van der Waals surface area (Å²) in [5.74, 6) is 0.748. The topological polar surface area (TPSA) is 41.6 Å². The van der Waals surface area contributed by atoms with Gasteiger partial charge in [-0.05, 0) is 11.8 Å². The Morgan fingerprint density at radius 1 is 1.42 bits per heavy atom. The minimum atomic E-state index is -0.0176. The molecular formula is C15H24N2O2. The van der Waals surface area contributed by atoms with E-state index in [-0.39, 0.29) is 5.41 Å². The first-order valence-electron chi connectivity index (χ1n) is 6.56. The summed E-state index contributed by atoms with van der Waals surface area (Å²) in [4.78, 5) is 13.2. The maximum atomic E-state index is 11.1. The quantitative estimate of drug-likeness (QED) is 0.434. The molecule has 0 amide bonds. The zero-order chi connectivity index (χ0) is 14.3. The molecule has 0 radical (unpaired) electrons. The summed E-state index contributed by atoms with van der Waals surface area (Å²) >= 11 is 0. The molecule has 1 saturated heterocycles. The molecule has 1 rings (SSSR count). The molecule has 4 nitrogen and oxygen atoms in total. The zero-order valence-corrected chi connectivity index (χ0v) is 11.9. The van der Waals surface area contributed by atoms with Crippen molar-refractivity contribution >= 4 is 6.29 Å². The van der Waals surface area contributed by atoms with Gasteiger partial charge in [-0.2, -0.15) is 0 Å². The van der Waals surface area contributed by atoms with Crippen LogP contribution in [-0.4, -0.2) is 37.5 Å². The number of allylic oxidation sites excluding steroid dienone is 3. The molecular weight excluding hydrogens is 240 g/mol. The van der Waals surface area contributed by atoms with Gasteiger partial charge in [0.2, 0.25) is 0 Å². The van der Waals surface area contributed by atoms with Gasteiger partial charge in [-0.1, -0.05) is 32.6 Å². The fourth-order valence-electron chi connectivity index (χ4n) is 1.66. The summed E-state index contributed by atoms with van der Waals surface area (Å²) in [7, 11) is 0. The van der Waals surface area contributed by atoms with E-state index in [9.17, 15) is 4.79 Å². The van der Waals surface area contributed by atoms with Crippen molar-refractivity contribution in [2.45, 2.75) is 20.3 Å². The van der Waals surface area contributed by atoms with E-state index >= 15 is 0 Å². The Morgan fingerprint density at radius 3 is 2.58 bits per heavy atom. The van der Waals surface area contributed by atoms with E-state index in [1.165, 1.54) is 0 Å². The highest BCUT2D eigenvalue weighted by atomic mass is 16.5. The number of ether oxygens (including phenoxy) is 1. The minimum Gasteiger partial charge on any atom is -0.378 e. The van der Waals surface area contributed by atoms with Gasteiger partial charge in [0.1, 0.15) is 0 Å². The molecule has 0 aromatic heterocycles. The second-order valence-electron chi connectivity index (χ2n) is 5.35. The van der Waals surface area contributed by atoms with Crippen LogP contribution in [0.2, 0.25) is 0 Å². The third-order valence-electron chi connectivity index (χ3n) is 3.21. The van der Waals surface area contributed by atoms with Gasteiger partial charge in [-0.3, -0.25) is 4.79 Å². The first kappa shape index (κ1) is 15.5. The molecule has 0 atom stereocenters. The van der Waals surface area contributed by atoms with Gasteiger partial charge >= 0.3 is 0 Å². The Labute approximate surface area is 115 Å². The lowest BCUT2D eigenvalue weighted by Crippen LogP contribution is -2.39. The van der Waals surface area contributed by atoms with Gasteiger partial charge in [0.25, 0.3) is 0 Å². The smallest absolute Gasteiger partial charge is 0.165 e. The highest BCUT2D eigenvalue weighted by Crippen LogP contribution is 2.22. The molecule has 1 aliphatic heterocycles. The number of rotatable bonds is 7. The number of nitrogens with zero attached hydrogens (tertiary/aromatic N) is 1. The van der Waals surface area contributed by atoms with Gasteiger partial charge < -0.3 is 15.0 Å². The molecule has 0 aliphatic carbocycles. The SMILES string of the molecule is C=CC(C)(C)C/C=C(/C=O)NC(=C)N1CCOCC1. The van der Waals surface area contributed by atoms with Crippen LogP contribution in [-0.2, 0) is 9.53 Å². The van der Waals surface area contributed by atoms with Crippen LogP contribution >= 0.6 is 0 Å². The van der Waals surface area contributed by atoms with Crippen molar-refractivity contribution in [2.24, 2.45) is 5.41 Å². The molecule has 19 heavy (non-hydrogen) atoms. The van der Waals surface area contributed by atoms with E-state index in [2.05, 4.69) is 37.2 Å². The molecule has 1 heterocycles. The Hall–Kier alpha value is -1.55. The van der Waals surface area contributed by atoms with Crippen LogP contribution in [0.25, 0.3) is 0 Å². The van der Waals surface area contributed by atoms with Crippen LogP contribution in [0, 0.1) is 5.41 Å². The monoisotopic (exact) mass is 264 g/mol. The lowest BCUT2D eigenvalue weighted by atomic mass is 9.89. The molecule has 4 heteroatoms. The third kappa shape index (κ3) is 5.30. The summed E-state index contributed by atoms with van der Waals surface area (Å²) in [6.07, 6.45) is 5.36. The molecule has 0 saturated carbocycles. The lowest BCUT2D eigenvalue weighted by molar-refractivity contribution is -0.105. The number of aldehydes is 1. The van der Waals surface area contributed by atoms with Crippen molar-refractivity contribution in [2.75, 3.05) is 26.3 Å². The average Bonchev–Trinajstić information content (AvgIpc) is 2.44. The van der Waals surface area contributed by atoms with Crippen LogP contribution in [0.1, 0.15) is 20.3 Å². The molecule has 0 bridgehead atoms. The molecule has 0 aromatic carbocycles. The van der Waals surface area contributed by atoms with E-state index in [1.54, 1.807) is 0 Å². The molecule has 1 N–H and O–H groups in total. The second-order valence-corrected chi connectivity index (χ2v) is 5.35. The third-order valence-corrected chi connectivity index (χ3v) is 3.21. The Morgan fingerprint density at radius 2 is 2.05 bits per heavy atom. The van der Waals surface area contributed by atoms with Crippen LogP contribution in [0.5, 0.6) is 0 Å². The number of hydrogen-bond donors (Lipinski definition) is 1. The van der Waals surface area contributed by atoms with Gasteiger partial charge in [0.15, 0.2) is 6.29 Å². The van der Waals surface area contributed by atoms with Gasteiger partial charge in [-0.15, -0.1) is 6.58 Å². The normalized spacial score (nSPS) is 16.9. The highest BCUT2D eigenvalue weighted by molar-refractivity contribution is 5.72. The fraction of sp³-hybridized carbons (Fsp3) is 0.533. The van der Waals surface area contributed by atoms with Crippen molar-refractivity contribution < 1.29 is 9.53 Å². The van der Waals surface area contributed by atoms with Crippen molar-refractivity contribution in [3.05, 3.63) is 36.8 Å². The first-order chi connectivity index (χ1) is 8.98. The largest absolute Gasteiger partial charge is 0.378 e. The van der Waals surface area contributed by atoms with Crippen molar-refractivity contribution in [1.82, 2.24) is 10.2 Å². The van der Waals surface area contributed by atoms with Crippen LogP contribution < -0.4 is 5.32 Å². The first-order valence-corrected chi connectivity index (χ1v) is 6.56. The van der Waals surface area contributed by atoms with Crippen molar-refractivity contribution in [3.63, 3.8) is 0 Å². The van der Waals surface area contributed by atoms with Crippen molar-refractivity contribution in [3.8, 4) is 0 Å². The number of nitrogens with one attached hydrogen (secondary N) is 1. The molecule has 1 fully saturated rings. The molecule has 0 spiro atoms. The van der Waals surface area contributed by atoms with E-state index in [1.807, 2.05) is 12.2 Å². The Bertz CT molecular complexity index is 366. The van der Waals surface area contributed by atoms with E-state index in [0.29, 0.717) is 18.9 Å². The molecule has 1 aliphatic rings. The summed E-state index contributed by atoms with van der Waals surface area (Å²) < 4.78 is 5.28. The summed E-state index contributed by atoms with van der Waals surface area (Å²) in [6, 6.07) is 0. The van der Waals surface area contributed by atoms with E-state index in [0.717, 1.165) is 31.6 Å². The van der Waals surface area contributed by atoms with Crippen LogP contribution in [0.15, 0.2) is 36.8 Å². The van der Waals surface area contributed by atoms with Gasteiger partial charge in [-0.25, -0.2) is 0 Å². The zero-order valence-electron chi connectivity index (χ0n) is 11.9. The number of carbonyl (C=O) groups is 1. The summed E-state index contributed by atoms with van der Waals surface area (Å²) in [5.41, 5.74) is 0.530. The van der Waals surface area contributed by atoms with Crippen LogP contribution in [0.4, 0.5) is 0 Å². The highest BCUT2D eigenvalue weighted by Gasteiger charge is 2.14. The maximum Gasteiger partial charge on any atom is 0.165 e. The predicted octanol–water partition coefficient (Wildman–Crippen LogP) is 2.06. The van der Waals surface area contributed by atoms with E-state index in [4.69, 9.17) is 4.74 Å². The second kappa shape index (κ2) is 7.14. The van der Waals surface area contributed by atoms with Gasteiger partial charge in [0.05, 0.1) is 24.7 Å². The lowest BCUT2D eigenvalue weighted by Gasteiger charge is -2.30. The Balaban J connectivity index is 2.55. The summed E-state index contributed by atoms with van der Waals surface area (Å²) in [5, 5.41) is 3.07. The molecule has 106 valence electrons. The average molecular weight is 264 g/mol. The van der Waals surface area contributed by atoms with E-state index < -0.39 is 0 Å². The number of carbonyl (C=O) groups excluding carboxylic acids is 1. The van der Waals surface area contributed by atoms with Crippen molar-refractivity contribution in [1.29, 1.82) is 0 Å².